The van der Waals surface area contributed by atoms with Crippen LogP contribution in [-0.4, -0.2) is 83.7 Å². The monoisotopic (exact) mass is 837 g/mol. The molecule has 10 nitrogen and oxygen atoms in total. The van der Waals surface area contributed by atoms with Crippen molar-refractivity contribution in [2.45, 2.75) is 154 Å². The van der Waals surface area contributed by atoms with Crippen molar-refractivity contribution in [3.8, 4) is 0 Å². The van der Waals surface area contributed by atoms with E-state index in [4.69, 9.17) is 11.5 Å². The molecule has 1 aliphatic heterocycles. The summed E-state index contributed by atoms with van der Waals surface area (Å²) < 4.78 is 2.27. The molecule has 1 aromatic rings. The number of allylic oxidation sites excluding steroid dienone is 2. The number of rotatable bonds is 3. The minimum absolute atomic E-state index is 0.00654. The van der Waals surface area contributed by atoms with E-state index >= 15 is 0 Å². The van der Waals surface area contributed by atoms with Crippen LogP contribution in [0.5, 0.6) is 0 Å². The van der Waals surface area contributed by atoms with E-state index in [1.54, 1.807) is 11.6 Å². The molecule has 58 heavy (non-hydrogen) atoms. The maximum absolute atomic E-state index is 14.3. The van der Waals surface area contributed by atoms with Crippen molar-refractivity contribution >= 4 is 33.3 Å². The van der Waals surface area contributed by atoms with Crippen LogP contribution in [0.15, 0.2) is 46.5 Å². The highest BCUT2D eigenvalue weighted by atomic mass is 33.1. The molecule has 0 aromatic carbocycles. The highest BCUT2D eigenvalue weighted by Crippen LogP contribution is 2.72. The number of fused-ring (bicyclic) bond motifs is 9. The Labute approximate surface area is 354 Å². The fourth-order valence-corrected chi connectivity index (χ4v) is 17.5. The summed E-state index contributed by atoms with van der Waals surface area (Å²) in [5.74, 6) is 0.330. The molecule has 1 aromatic heterocycles. The summed E-state index contributed by atoms with van der Waals surface area (Å²) in [5, 5.41) is 48.6. The van der Waals surface area contributed by atoms with Gasteiger partial charge in [-0.25, -0.2) is 4.98 Å². The van der Waals surface area contributed by atoms with E-state index in [0.29, 0.717) is 30.6 Å². The van der Waals surface area contributed by atoms with Crippen molar-refractivity contribution in [1.29, 1.82) is 0 Å². The van der Waals surface area contributed by atoms with Crippen LogP contribution in [0, 0.1) is 57.2 Å². The number of carbonyl (C=O) groups excluding carboxylic acids is 1. The lowest BCUT2D eigenvalue weighted by Crippen LogP contribution is -2.65. The van der Waals surface area contributed by atoms with E-state index in [0.717, 1.165) is 37.0 Å². The Bertz CT molecular complexity index is 1790. The Hall–Kier alpha value is -1.83. The van der Waals surface area contributed by atoms with Crippen molar-refractivity contribution in [2.75, 3.05) is 18.1 Å². The molecule has 8 rings (SSSR count). The minimum Gasteiger partial charge on any atom is -0.393 e. The fraction of sp³-hybridized carbons (Fsp3) is 0.804. The standard InChI is InChI=1S/C46H71N5O5S2/c1-27-32-15-30(46(56)35-18-37(53)34-17-38(54)39(55)22-43(34,4)40(35)29(19-44(32,46)5)23-50-41(47)48)24-57-58-25-31(51-14-13-49-26-51)21-42(2,3)33(16-36(27)52)28-9-8-12-45(20-28)10-6-7-11-45/h13-14,18,26-27,29-32,34,36,38-40,52,54-56H,6-12,15-17,19-25H2,1-5H3,(H4,47,48,50). The van der Waals surface area contributed by atoms with Gasteiger partial charge in [-0.2, -0.15) is 0 Å². The molecule has 1 saturated heterocycles. The Morgan fingerprint density at radius 2 is 1.69 bits per heavy atom. The maximum atomic E-state index is 14.3. The Balaban J connectivity index is 1.23. The molecule has 6 fully saturated rings. The van der Waals surface area contributed by atoms with Gasteiger partial charge >= 0.3 is 0 Å². The second-order valence-electron chi connectivity index (χ2n) is 21.3. The number of aliphatic imine (C=N–C) groups is 1. The molecule has 2 heterocycles. The summed E-state index contributed by atoms with van der Waals surface area (Å²) in [7, 11) is 3.70. The normalized spacial score (nSPS) is 45.4. The topological polar surface area (TPSA) is 180 Å². The van der Waals surface area contributed by atoms with Gasteiger partial charge in [0.2, 0.25) is 0 Å². The molecule has 6 aliphatic carbocycles. The summed E-state index contributed by atoms with van der Waals surface area (Å²) >= 11 is 0. The largest absolute Gasteiger partial charge is 0.393 e. The number of hydrogen-bond acceptors (Lipinski definition) is 9. The predicted molar refractivity (Wildman–Crippen MR) is 234 cm³/mol. The molecule has 8 N–H and O–H groups in total. The number of nitrogens with two attached hydrogens (primary N) is 2. The molecule has 0 radical (unpaired) electrons. The van der Waals surface area contributed by atoms with Crippen molar-refractivity contribution < 1.29 is 25.2 Å². The highest BCUT2D eigenvalue weighted by molar-refractivity contribution is 8.76. The molecule has 13 unspecified atom stereocenters. The number of hydrogen-bond donors (Lipinski definition) is 6. The van der Waals surface area contributed by atoms with Gasteiger partial charge in [-0.15, -0.1) is 0 Å². The van der Waals surface area contributed by atoms with Gasteiger partial charge in [0.15, 0.2) is 11.7 Å². The van der Waals surface area contributed by atoms with E-state index in [-0.39, 0.29) is 65.6 Å². The first-order valence-corrected chi connectivity index (χ1v) is 24.9. The third-order valence-electron chi connectivity index (χ3n) is 17.6. The number of carbonyl (C=O) groups is 1. The van der Waals surface area contributed by atoms with E-state index in [9.17, 15) is 25.2 Å². The van der Waals surface area contributed by atoms with E-state index in [1.165, 1.54) is 44.1 Å². The molecule has 2 bridgehead atoms. The summed E-state index contributed by atoms with van der Waals surface area (Å²) in [6.07, 6.45) is 18.5. The fourth-order valence-electron chi connectivity index (χ4n) is 14.8. The number of aromatic nitrogens is 2. The zero-order chi connectivity index (χ0) is 41.4. The molecule has 5 saturated carbocycles. The van der Waals surface area contributed by atoms with Gasteiger partial charge in [0, 0.05) is 53.7 Å². The second kappa shape index (κ2) is 15.8. The van der Waals surface area contributed by atoms with Crippen LogP contribution in [0.1, 0.15) is 131 Å². The molecule has 322 valence electrons. The van der Waals surface area contributed by atoms with Crippen LogP contribution in [-0.2, 0) is 4.79 Å². The first kappa shape index (κ1) is 42.8. The first-order chi connectivity index (χ1) is 27.4. The number of imidazole rings is 1. The number of ketones is 1. The lowest BCUT2D eigenvalue weighted by Gasteiger charge is -2.63. The Kier molecular flexibility index (Phi) is 11.7. The molecule has 12 heteroatoms. The molecular weight excluding hydrogens is 767 g/mol. The van der Waals surface area contributed by atoms with Crippen LogP contribution in [0.2, 0.25) is 0 Å². The SMILES string of the molecule is CC1C(O)CC(=C2CCCC3(CCCC3)C2)C(C)(C)CC(n2ccnc2)CSSCC2CC1C1(C)CC(CN=C(N)N)C3C(=CC(=O)C4CC(O)C(O)CC43C)C21O. The Morgan fingerprint density at radius 3 is 2.40 bits per heavy atom. The molecule has 7 aliphatic rings. The summed E-state index contributed by atoms with van der Waals surface area (Å²) in [6.45, 7) is 11.7. The molecule has 1 spiro atoms. The number of guanidine groups is 1. The lowest BCUT2D eigenvalue weighted by atomic mass is 9.42. The van der Waals surface area contributed by atoms with Gasteiger partial charge in [0.1, 0.15) is 0 Å². The Morgan fingerprint density at radius 1 is 0.966 bits per heavy atom. The molecular formula is C46H71N5O5S2. The number of aliphatic hydroxyl groups is 4. The summed E-state index contributed by atoms with van der Waals surface area (Å²) in [4.78, 5) is 23.4. The van der Waals surface area contributed by atoms with Gasteiger partial charge in [0.05, 0.1) is 30.2 Å². The number of aliphatic hydroxyl groups excluding tert-OH is 3. The third-order valence-corrected chi connectivity index (χ3v) is 20.2. The third kappa shape index (κ3) is 7.17. The van der Waals surface area contributed by atoms with Crippen LogP contribution >= 0.6 is 21.6 Å². The van der Waals surface area contributed by atoms with Crippen molar-refractivity contribution in [1.82, 2.24) is 9.55 Å². The van der Waals surface area contributed by atoms with Crippen molar-refractivity contribution in [2.24, 2.45) is 73.6 Å². The van der Waals surface area contributed by atoms with E-state index in [1.807, 2.05) is 34.1 Å². The second-order valence-corrected chi connectivity index (χ2v) is 23.9. The van der Waals surface area contributed by atoms with Crippen LogP contribution in [0.3, 0.4) is 0 Å². The van der Waals surface area contributed by atoms with E-state index < -0.39 is 40.7 Å². The zero-order valence-electron chi connectivity index (χ0n) is 35.6. The van der Waals surface area contributed by atoms with Crippen molar-refractivity contribution in [3.63, 3.8) is 0 Å². The van der Waals surface area contributed by atoms with Gasteiger partial charge in [-0.3, -0.25) is 9.79 Å². The van der Waals surface area contributed by atoms with Gasteiger partial charge in [-0.1, -0.05) is 80.2 Å². The minimum atomic E-state index is -1.33. The zero-order valence-corrected chi connectivity index (χ0v) is 37.2. The van der Waals surface area contributed by atoms with Crippen LogP contribution < -0.4 is 11.5 Å². The summed E-state index contributed by atoms with van der Waals surface area (Å²) in [5.41, 5.74) is 13.3. The summed E-state index contributed by atoms with van der Waals surface area (Å²) in [6, 6.07) is 0.204. The molecule has 13 atom stereocenters. The van der Waals surface area contributed by atoms with Crippen molar-refractivity contribution in [3.05, 3.63) is 41.5 Å². The average molecular weight is 838 g/mol. The van der Waals surface area contributed by atoms with Crippen LogP contribution in [0.25, 0.3) is 0 Å². The lowest BCUT2D eigenvalue weighted by molar-refractivity contribution is -0.168. The quantitative estimate of drug-likeness (QED) is 0.0805. The molecule has 0 amide bonds. The van der Waals surface area contributed by atoms with E-state index in [2.05, 4.69) is 55.4 Å². The van der Waals surface area contributed by atoms with Gasteiger partial charge in [-0.05, 0) is 129 Å². The van der Waals surface area contributed by atoms with Gasteiger partial charge < -0.3 is 36.5 Å². The smallest absolute Gasteiger partial charge is 0.185 e. The highest BCUT2D eigenvalue weighted by Gasteiger charge is 2.72. The maximum Gasteiger partial charge on any atom is 0.185 e. The number of nitrogens with zero attached hydrogens (tertiary/aromatic N) is 3. The van der Waals surface area contributed by atoms with Gasteiger partial charge in [0.25, 0.3) is 0 Å². The van der Waals surface area contributed by atoms with Crippen LogP contribution in [0.4, 0.5) is 0 Å². The first-order valence-electron chi connectivity index (χ1n) is 22.4. The average Bonchev–Trinajstić information content (AvgIpc) is 3.91. The predicted octanol–water partition coefficient (Wildman–Crippen LogP) is 6.98.